The summed E-state index contributed by atoms with van der Waals surface area (Å²) in [6.07, 6.45) is 0. The predicted molar refractivity (Wildman–Crippen MR) is 39.6 cm³/mol. The highest BCUT2D eigenvalue weighted by atomic mass is 16.2. The van der Waals surface area contributed by atoms with Gasteiger partial charge in [0, 0.05) is 13.1 Å². The molecule has 1 fully saturated rings. The zero-order chi connectivity index (χ0) is 8.32. The topological polar surface area (TPSA) is 64.9 Å². The van der Waals surface area contributed by atoms with E-state index in [9.17, 15) is 4.79 Å². The Morgan fingerprint density at radius 2 is 2.45 bits per heavy atom. The molecule has 0 aromatic heterocycles. The first-order valence-corrected chi connectivity index (χ1v) is 3.55. The maximum absolute atomic E-state index is 11.2. The molecule has 1 aliphatic heterocycles. The second-order valence-electron chi connectivity index (χ2n) is 3.01. The Labute approximate surface area is 65.6 Å². The standard InChI is InChI=1S/C7H11N3O/c1-7(4-9-5-7)6(11)10-3-2-8/h9H,3-5H2,1H3,(H,10,11). The highest BCUT2D eigenvalue weighted by Crippen LogP contribution is 2.20. The van der Waals surface area contributed by atoms with Gasteiger partial charge in [-0.1, -0.05) is 0 Å². The molecule has 1 heterocycles. The number of hydrogen-bond acceptors (Lipinski definition) is 3. The van der Waals surface area contributed by atoms with Gasteiger partial charge in [0.1, 0.15) is 6.54 Å². The molecule has 1 rings (SSSR count). The Hall–Kier alpha value is -1.08. The van der Waals surface area contributed by atoms with Crippen LogP contribution in [0.2, 0.25) is 0 Å². The van der Waals surface area contributed by atoms with Gasteiger partial charge in [0.05, 0.1) is 11.5 Å². The molecular formula is C7H11N3O. The fraction of sp³-hybridized carbons (Fsp3) is 0.714. The van der Waals surface area contributed by atoms with Gasteiger partial charge in [0.2, 0.25) is 5.91 Å². The quantitative estimate of drug-likeness (QED) is 0.512. The predicted octanol–water partition coefficient (Wildman–Crippen LogP) is -0.764. The van der Waals surface area contributed by atoms with Crippen LogP contribution in [0.25, 0.3) is 0 Å². The van der Waals surface area contributed by atoms with Crippen LogP contribution in [-0.2, 0) is 4.79 Å². The third-order valence-electron chi connectivity index (χ3n) is 1.91. The maximum Gasteiger partial charge on any atom is 0.229 e. The number of nitrogens with one attached hydrogen (secondary N) is 2. The van der Waals surface area contributed by atoms with E-state index in [1.54, 1.807) is 0 Å². The summed E-state index contributed by atoms with van der Waals surface area (Å²) in [6.45, 7) is 3.42. The van der Waals surface area contributed by atoms with Crippen LogP contribution in [0.3, 0.4) is 0 Å². The molecule has 2 N–H and O–H groups in total. The van der Waals surface area contributed by atoms with Crippen LogP contribution in [0.1, 0.15) is 6.92 Å². The molecular weight excluding hydrogens is 142 g/mol. The smallest absolute Gasteiger partial charge is 0.229 e. The van der Waals surface area contributed by atoms with Crippen molar-refractivity contribution in [1.29, 1.82) is 5.26 Å². The lowest BCUT2D eigenvalue weighted by atomic mass is 9.83. The molecule has 0 bridgehead atoms. The van der Waals surface area contributed by atoms with Gasteiger partial charge in [-0.15, -0.1) is 0 Å². The Balaban J connectivity index is 2.36. The lowest BCUT2D eigenvalue weighted by molar-refractivity contribution is -0.132. The Morgan fingerprint density at radius 3 is 2.82 bits per heavy atom. The molecule has 0 radical (unpaired) electrons. The number of carbonyl (C=O) groups is 1. The molecule has 0 aromatic rings. The average molecular weight is 153 g/mol. The monoisotopic (exact) mass is 153 g/mol. The first-order valence-electron chi connectivity index (χ1n) is 3.55. The van der Waals surface area contributed by atoms with E-state index >= 15 is 0 Å². The summed E-state index contributed by atoms with van der Waals surface area (Å²) < 4.78 is 0. The zero-order valence-corrected chi connectivity index (χ0v) is 6.48. The van der Waals surface area contributed by atoms with Gasteiger partial charge in [0.15, 0.2) is 0 Å². The van der Waals surface area contributed by atoms with E-state index in [-0.39, 0.29) is 17.9 Å². The van der Waals surface area contributed by atoms with Gasteiger partial charge in [0.25, 0.3) is 0 Å². The minimum Gasteiger partial charge on any atom is -0.342 e. The van der Waals surface area contributed by atoms with E-state index in [1.165, 1.54) is 0 Å². The van der Waals surface area contributed by atoms with Crippen LogP contribution in [0, 0.1) is 16.7 Å². The van der Waals surface area contributed by atoms with Crippen LogP contribution in [-0.4, -0.2) is 25.5 Å². The SMILES string of the molecule is CC1(C(=O)NCC#N)CNC1. The van der Waals surface area contributed by atoms with Crippen molar-refractivity contribution in [2.24, 2.45) is 5.41 Å². The molecule has 4 heteroatoms. The molecule has 0 saturated carbocycles. The minimum atomic E-state index is -0.281. The number of amides is 1. The van der Waals surface area contributed by atoms with E-state index in [1.807, 2.05) is 13.0 Å². The van der Waals surface area contributed by atoms with E-state index < -0.39 is 0 Å². The van der Waals surface area contributed by atoms with Crippen molar-refractivity contribution in [2.75, 3.05) is 19.6 Å². The fourth-order valence-corrected chi connectivity index (χ4v) is 0.994. The first-order chi connectivity index (χ1) is 5.19. The van der Waals surface area contributed by atoms with E-state index in [2.05, 4.69) is 10.6 Å². The van der Waals surface area contributed by atoms with E-state index in [0.717, 1.165) is 0 Å². The molecule has 1 saturated heterocycles. The number of hydrogen-bond donors (Lipinski definition) is 2. The lowest BCUT2D eigenvalue weighted by Crippen LogP contribution is -2.59. The molecule has 11 heavy (non-hydrogen) atoms. The van der Waals surface area contributed by atoms with Crippen LogP contribution < -0.4 is 10.6 Å². The summed E-state index contributed by atoms with van der Waals surface area (Å²) in [5.41, 5.74) is -0.281. The molecule has 0 unspecified atom stereocenters. The van der Waals surface area contributed by atoms with Gasteiger partial charge in [-0.25, -0.2) is 0 Å². The van der Waals surface area contributed by atoms with Crippen molar-refractivity contribution in [3.05, 3.63) is 0 Å². The van der Waals surface area contributed by atoms with E-state index in [4.69, 9.17) is 5.26 Å². The molecule has 0 aromatic carbocycles. The molecule has 4 nitrogen and oxygen atoms in total. The molecule has 60 valence electrons. The number of nitrogens with zero attached hydrogens (tertiary/aromatic N) is 1. The number of carbonyl (C=O) groups excluding carboxylic acids is 1. The Bertz CT molecular complexity index is 202. The van der Waals surface area contributed by atoms with Crippen molar-refractivity contribution >= 4 is 5.91 Å². The summed E-state index contributed by atoms with van der Waals surface area (Å²) in [4.78, 5) is 11.2. The van der Waals surface area contributed by atoms with Gasteiger partial charge in [-0.05, 0) is 6.92 Å². The highest BCUT2D eigenvalue weighted by Gasteiger charge is 2.38. The van der Waals surface area contributed by atoms with Gasteiger partial charge < -0.3 is 10.6 Å². The second-order valence-corrected chi connectivity index (χ2v) is 3.01. The normalized spacial score (nSPS) is 19.6. The lowest BCUT2D eigenvalue weighted by Gasteiger charge is -2.37. The molecule has 0 atom stereocenters. The molecule has 0 spiro atoms. The summed E-state index contributed by atoms with van der Waals surface area (Å²) in [6, 6.07) is 1.87. The van der Waals surface area contributed by atoms with Gasteiger partial charge >= 0.3 is 0 Å². The maximum atomic E-state index is 11.2. The zero-order valence-electron chi connectivity index (χ0n) is 6.48. The van der Waals surface area contributed by atoms with Crippen LogP contribution in [0.5, 0.6) is 0 Å². The average Bonchev–Trinajstić information content (AvgIpc) is 1.95. The van der Waals surface area contributed by atoms with Crippen molar-refractivity contribution in [3.63, 3.8) is 0 Å². The Morgan fingerprint density at radius 1 is 1.82 bits per heavy atom. The molecule has 1 amide bonds. The Kier molecular flexibility index (Phi) is 2.11. The highest BCUT2D eigenvalue weighted by molar-refractivity contribution is 5.83. The first kappa shape index (κ1) is 8.02. The van der Waals surface area contributed by atoms with Crippen molar-refractivity contribution in [2.45, 2.75) is 6.92 Å². The van der Waals surface area contributed by atoms with Gasteiger partial charge in [-0.3, -0.25) is 4.79 Å². The third kappa shape index (κ3) is 1.49. The summed E-state index contributed by atoms with van der Waals surface area (Å²) >= 11 is 0. The number of nitriles is 1. The van der Waals surface area contributed by atoms with Crippen molar-refractivity contribution in [3.8, 4) is 6.07 Å². The third-order valence-corrected chi connectivity index (χ3v) is 1.91. The van der Waals surface area contributed by atoms with Crippen LogP contribution in [0.4, 0.5) is 0 Å². The van der Waals surface area contributed by atoms with Crippen LogP contribution >= 0.6 is 0 Å². The van der Waals surface area contributed by atoms with Gasteiger partial charge in [-0.2, -0.15) is 5.26 Å². The van der Waals surface area contributed by atoms with Crippen molar-refractivity contribution < 1.29 is 4.79 Å². The van der Waals surface area contributed by atoms with Crippen LogP contribution in [0.15, 0.2) is 0 Å². The minimum absolute atomic E-state index is 0.0298. The largest absolute Gasteiger partial charge is 0.342 e. The van der Waals surface area contributed by atoms with E-state index in [0.29, 0.717) is 13.1 Å². The summed E-state index contributed by atoms with van der Waals surface area (Å²) in [7, 11) is 0. The molecule has 1 aliphatic rings. The fourth-order valence-electron chi connectivity index (χ4n) is 0.994. The second kappa shape index (κ2) is 2.89. The summed E-state index contributed by atoms with van der Waals surface area (Å²) in [5, 5.41) is 13.7. The number of rotatable bonds is 2. The molecule has 0 aliphatic carbocycles. The van der Waals surface area contributed by atoms with Crippen molar-refractivity contribution in [1.82, 2.24) is 10.6 Å². The summed E-state index contributed by atoms with van der Waals surface area (Å²) in [5.74, 6) is -0.0298.